The number of aliphatic imine (C=N–C) groups is 1. The van der Waals surface area contributed by atoms with Crippen molar-refractivity contribution in [3.63, 3.8) is 0 Å². The van der Waals surface area contributed by atoms with Crippen LogP contribution in [0.5, 0.6) is 11.5 Å². The average Bonchev–Trinajstić information content (AvgIpc) is 2.57. The van der Waals surface area contributed by atoms with Gasteiger partial charge in [-0.1, -0.05) is 0 Å². The van der Waals surface area contributed by atoms with E-state index in [9.17, 15) is 4.79 Å². The summed E-state index contributed by atoms with van der Waals surface area (Å²) in [5.41, 5.74) is 1.52. The fourth-order valence-electron chi connectivity index (χ4n) is 3.67. The first-order valence-corrected chi connectivity index (χ1v) is 8.34. The van der Waals surface area contributed by atoms with E-state index in [4.69, 9.17) is 9.47 Å². The summed E-state index contributed by atoms with van der Waals surface area (Å²) in [6, 6.07) is 4.04. The molecule has 5 heteroatoms. The molecule has 1 aromatic carbocycles. The minimum absolute atomic E-state index is 0.485. The van der Waals surface area contributed by atoms with E-state index in [-0.39, 0.29) is 0 Å². The lowest BCUT2D eigenvalue weighted by molar-refractivity contribution is 0.245. The van der Waals surface area contributed by atoms with E-state index < -0.39 is 5.54 Å². The van der Waals surface area contributed by atoms with Gasteiger partial charge in [0.05, 0.1) is 19.9 Å². The molecular formula is C18H24N2O3. The van der Waals surface area contributed by atoms with Crippen LogP contribution in [0.1, 0.15) is 44.1 Å². The van der Waals surface area contributed by atoms with Crippen LogP contribution in [-0.4, -0.2) is 33.4 Å². The van der Waals surface area contributed by atoms with Crippen molar-refractivity contribution in [1.82, 2.24) is 0 Å². The van der Waals surface area contributed by atoms with Gasteiger partial charge in [0.25, 0.3) is 0 Å². The zero-order chi connectivity index (χ0) is 16.3. The van der Waals surface area contributed by atoms with Crippen molar-refractivity contribution in [3.05, 3.63) is 17.7 Å². The Morgan fingerprint density at radius 2 is 1.74 bits per heavy atom. The van der Waals surface area contributed by atoms with Gasteiger partial charge in [-0.15, -0.1) is 0 Å². The maximum atomic E-state index is 10.9. The Morgan fingerprint density at radius 1 is 1.04 bits per heavy atom. The molecule has 1 heterocycles. The van der Waals surface area contributed by atoms with Crippen molar-refractivity contribution < 1.29 is 14.3 Å². The van der Waals surface area contributed by atoms with Crippen LogP contribution in [0, 0.1) is 0 Å². The highest BCUT2D eigenvalue weighted by molar-refractivity contribution is 5.66. The van der Waals surface area contributed by atoms with Crippen LogP contribution in [0.2, 0.25) is 0 Å². The van der Waals surface area contributed by atoms with E-state index in [2.05, 4.69) is 9.89 Å². The van der Waals surface area contributed by atoms with E-state index >= 15 is 0 Å². The van der Waals surface area contributed by atoms with E-state index in [1.807, 2.05) is 12.1 Å². The number of ether oxygens (including phenoxy) is 2. The summed E-state index contributed by atoms with van der Waals surface area (Å²) in [5.74, 6) is 1.61. The Kier molecular flexibility index (Phi) is 4.58. The van der Waals surface area contributed by atoms with Gasteiger partial charge in [0.15, 0.2) is 0 Å². The molecule has 0 spiro atoms. The number of hydrogen-bond acceptors (Lipinski definition) is 5. The van der Waals surface area contributed by atoms with E-state index in [1.165, 1.54) is 19.3 Å². The molecule has 0 aromatic heterocycles. The van der Waals surface area contributed by atoms with Gasteiger partial charge in [-0.3, -0.25) is 0 Å². The first-order valence-electron chi connectivity index (χ1n) is 8.34. The van der Waals surface area contributed by atoms with E-state index in [0.29, 0.717) is 0 Å². The molecule has 0 atom stereocenters. The van der Waals surface area contributed by atoms with E-state index in [1.54, 1.807) is 20.3 Å². The number of nitrogens with zero attached hydrogens (tertiary/aromatic N) is 2. The molecule has 0 bridgehead atoms. The second-order valence-electron chi connectivity index (χ2n) is 6.36. The molecule has 124 valence electrons. The summed E-state index contributed by atoms with van der Waals surface area (Å²) in [4.78, 5) is 17.3. The predicted octanol–water partition coefficient (Wildman–Crippen LogP) is 3.41. The number of hydrogen-bond donors (Lipinski definition) is 0. The molecule has 1 saturated heterocycles. The lowest BCUT2D eigenvalue weighted by atomic mass is 9.72. The van der Waals surface area contributed by atoms with Crippen LogP contribution in [0.3, 0.4) is 0 Å². The van der Waals surface area contributed by atoms with Crippen molar-refractivity contribution in [2.45, 2.75) is 44.1 Å². The fourth-order valence-corrected chi connectivity index (χ4v) is 3.67. The van der Waals surface area contributed by atoms with Gasteiger partial charge in [0, 0.05) is 24.7 Å². The second kappa shape index (κ2) is 6.63. The van der Waals surface area contributed by atoms with Gasteiger partial charge in [0.2, 0.25) is 6.08 Å². The summed E-state index contributed by atoms with van der Waals surface area (Å²) in [6.07, 6.45) is 8.19. The normalized spacial score (nSPS) is 19.5. The van der Waals surface area contributed by atoms with Gasteiger partial charge in [-0.25, -0.2) is 4.79 Å². The lowest BCUT2D eigenvalue weighted by Crippen LogP contribution is -2.33. The van der Waals surface area contributed by atoms with Crippen LogP contribution >= 0.6 is 0 Å². The Balaban J connectivity index is 2.06. The molecular weight excluding hydrogens is 292 g/mol. The van der Waals surface area contributed by atoms with Crippen LogP contribution in [-0.2, 0) is 10.3 Å². The SMILES string of the molecule is COc1cc(C2(N=C=O)CCC2)c(OC)cc1N1CCCCC1. The van der Waals surface area contributed by atoms with Crippen molar-refractivity contribution in [1.29, 1.82) is 0 Å². The molecule has 0 N–H and O–H groups in total. The highest BCUT2D eigenvalue weighted by Crippen LogP contribution is 2.50. The Hall–Kier alpha value is -2.00. The zero-order valence-electron chi connectivity index (χ0n) is 13.9. The minimum atomic E-state index is -0.485. The first kappa shape index (κ1) is 15.9. The third-order valence-electron chi connectivity index (χ3n) is 5.14. The number of rotatable bonds is 5. The van der Waals surface area contributed by atoms with Crippen molar-refractivity contribution in [3.8, 4) is 11.5 Å². The highest BCUT2D eigenvalue weighted by Gasteiger charge is 2.42. The van der Waals surface area contributed by atoms with Gasteiger partial charge >= 0.3 is 0 Å². The molecule has 0 radical (unpaired) electrons. The quantitative estimate of drug-likeness (QED) is 0.617. The molecule has 1 aromatic rings. The number of benzene rings is 1. The van der Waals surface area contributed by atoms with Gasteiger partial charge in [0.1, 0.15) is 17.0 Å². The summed E-state index contributed by atoms with van der Waals surface area (Å²) < 4.78 is 11.3. The summed E-state index contributed by atoms with van der Waals surface area (Å²) in [6.45, 7) is 2.08. The largest absolute Gasteiger partial charge is 0.496 e. The molecule has 5 nitrogen and oxygen atoms in total. The van der Waals surface area contributed by atoms with E-state index in [0.717, 1.165) is 55.1 Å². The highest BCUT2D eigenvalue weighted by atomic mass is 16.5. The molecule has 1 aliphatic heterocycles. The summed E-state index contributed by atoms with van der Waals surface area (Å²) >= 11 is 0. The van der Waals surface area contributed by atoms with Crippen molar-refractivity contribution >= 4 is 11.8 Å². The van der Waals surface area contributed by atoms with Gasteiger partial charge in [-0.05, 0) is 44.6 Å². The number of methoxy groups -OCH3 is 2. The standard InChI is InChI=1S/C18H24N2O3/c1-22-16-12-15(20-9-4-3-5-10-20)17(23-2)11-14(16)18(19-13-21)7-6-8-18/h11-12H,3-10H2,1-2H3. The topological polar surface area (TPSA) is 51.1 Å². The van der Waals surface area contributed by atoms with Gasteiger partial charge < -0.3 is 14.4 Å². The van der Waals surface area contributed by atoms with Crippen LogP contribution in [0.25, 0.3) is 0 Å². The number of piperidine rings is 1. The summed E-state index contributed by atoms with van der Waals surface area (Å²) in [7, 11) is 3.36. The van der Waals surface area contributed by atoms with Crippen molar-refractivity contribution in [2.75, 3.05) is 32.2 Å². The third kappa shape index (κ3) is 2.81. The van der Waals surface area contributed by atoms with Gasteiger partial charge in [-0.2, -0.15) is 4.99 Å². The molecule has 2 fully saturated rings. The summed E-state index contributed by atoms with van der Waals surface area (Å²) in [5, 5.41) is 0. The fraction of sp³-hybridized carbons (Fsp3) is 0.611. The Morgan fingerprint density at radius 3 is 2.26 bits per heavy atom. The average molecular weight is 316 g/mol. The monoisotopic (exact) mass is 316 g/mol. The third-order valence-corrected chi connectivity index (χ3v) is 5.14. The Bertz CT molecular complexity index is 613. The molecule has 1 saturated carbocycles. The molecule has 23 heavy (non-hydrogen) atoms. The number of carbonyl (C=O) groups excluding carboxylic acids is 1. The molecule has 0 unspecified atom stereocenters. The van der Waals surface area contributed by atoms with Crippen LogP contribution in [0.4, 0.5) is 5.69 Å². The maximum absolute atomic E-state index is 10.9. The van der Waals surface area contributed by atoms with Crippen LogP contribution in [0.15, 0.2) is 17.1 Å². The molecule has 0 amide bonds. The van der Waals surface area contributed by atoms with Crippen LogP contribution < -0.4 is 14.4 Å². The predicted molar refractivity (Wildman–Crippen MR) is 89.3 cm³/mol. The second-order valence-corrected chi connectivity index (χ2v) is 6.36. The first-order chi connectivity index (χ1) is 11.2. The molecule has 1 aliphatic carbocycles. The molecule has 3 rings (SSSR count). The molecule has 2 aliphatic rings. The maximum Gasteiger partial charge on any atom is 0.235 e. The van der Waals surface area contributed by atoms with Crippen molar-refractivity contribution in [2.24, 2.45) is 4.99 Å². The number of isocyanates is 1. The smallest absolute Gasteiger partial charge is 0.235 e. The number of anilines is 1. The minimum Gasteiger partial charge on any atom is -0.496 e. The zero-order valence-corrected chi connectivity index (χ0v) is 13.9. The lowest BCUT2D eigenvalue weighted by Gasteiger charge is -2.39. The Labute approximate surface area is 137 Å².